The van der Waals surface area contributed by atoms with E-state index in [0.29, 0.717) is 30.8 Å². The van der Waals surface area contributed by atoms with Crippen LogP contribution < -0.4 is 10.2 Å². The number of carbonyl (C=O) groups is 2. The molecule has 4 nitrogen and oxygen atoms in total. The minimum absolute atomic E-state index is 0.0189. The van der Waals surface area contributed by atoms with Gasteiger partial charge in [0.25, 0.3) is 0 Å². The first kappa shape index (κ1) is 16.5. The zero-order valence-electron chi connectivity index (χ0n) is 13.2. The van der Waals surface area contributed by atoms with E-state index in [1.165, 1.54) is 0 Å². The SMILES string of the molecule is O=C(CCc1ccccc1)N[C@H]1CC(=O)N(c2ccc(Cl)cc2)C1. The van der Waals surface area contributed by atoms with E-state index in [2.05, 4.69) is 5.32 Å². The molecular formula is C19H19ClN2O2. The predicted octanol–water partition coefficient (Wildman–Crippen LogP) is 3.19. The summed E-state index contributed by atoms with van der Waals surface area (Å²) in [6.45, 7) is 0.498. The molecule has 1 N–H and O–H groups in total. The van der Waals surface area contributed by atoms with Crippen molar-refractivity contribution < 1.29 is 9.59 Å². The van der Waals surface area contributed by atoms with Gasteiger partial charge in [-0.15, -0.1) is 0 Å². The highest BCUT2D eigenvalue weighted by Crippen LogP contribution is 2.23. The molecule has 1 saturated heterocycles. The third-order valence-corrected chi connectivity index (χ3v) is 4.36. The third-order valence-electron chi connectivity index (χ3n) is 4.11. The van der Waals surface area contributed by atoms with Crippen molar-refractivity contribution in [2.24, 2.45) is 0 Å². The average Bonchev–Trinajstić information content (AvgIpc) is 2.95. The van der Waals surface area contributed by atoms with Crippen LogP contribution in [0.25, 0.3) is 0 Å². The van der Waals surface area contributed by atoms with Crippen molar-refractivity contribution in [3.05, 3.63) is 65.2 Å². The van der Waals surface area contributed by atoms with Gasteiger partial charge in [-0.3, -0.25) is 9.59 Å². The number of nitrogens with zero attached hydrogens (tertiary/aromatic N) is 1. The van der Waals surface area contributed by atoms with E-state index < -0.39 is 0 Å². The van der Waals surface area contributed by atoms with Gasteiger partial charge in [0.15, 0.2) is 0 Å². The highest BCUT2D eigenvalue weighted by atomic mass is 35.5. The van der Waals surface area contributed by atoms with Crippen LogP contribution in [0, 0.1) is 0 Å². The molecule has 2 aromatic rings. The van der Waals surface area contributed by atoms with Crippen LogP contribution >= 0.6 is 11.6 Å². The molecule has 1 atom stereocenters. The smallest absolute Gasteiger partial charge is 0.229 e. The van der Waals surface area contributed by atoms with Gasteiger partial charge < -0.3 is 10.2 Å². The van der Waals surface area contributed by atoms with Crippen LogP contribution in [0.5, 0.6) is 0 Å². The Labute approximate surface area is 146 Å². The molecule has 0 aliphatic carbocycles. The Bertz CT molecular complexity index is 716. The number of halogens is 1. The minimum Gasteiger partial charge on any atom is -0.351 e. The second kappa shape index (κ2) is 7.49. The van der Waals surface area contributed by atoms with Crippen LogP contribution in [0.4, 0.5) is 5.69 Å². The van der Waals surface area contributed by atoms with Crippen LogP contribution in [0.2, 0.25) is 5.02 Å². The van der Waals surface area contributed by atoms with E-state index >= 15 is 0 Å². The zero-order valence-corrected chi connectivity index (χ0v) is 14.0. The third kappa shape index (κ3) is 4.15. The van der Waals surface area contributed by atoms with E-state index in [1.807, 2.05) is 42.5 Å². The number of amides is 2. The van der Waals surface area contributed by atoms with Crippen LogP contribution in [-0.2, 0) is 16.0 Å². The largest absolute Gasteiger partial charge is 0.351 e. The van der Waals surface area contributed by atoms with E-state index in [4.69, 9.17) is 11.6 Å². The molecule has 124 valence electrons. The number of hydrogen-bond donors (Lipinski definition) is 1. The predicted molar refractivity (Wildman–Crippen MR) is 95.1 cm³/mol. The normalized spacial score (nSPS) is 17.1. The van der Waals surface area contributed by atoms with Crippen molar-refractivity contribution >= 4 is 29.1 Å². The van der Waals surface area contributed by atoms with Crippen LogP contribution in [0.3, 0.4) is 0 Å². The molecule has 2 amide bonds. The van der Waals surface area contributed by atoms with Crippen molar-refractivity contribution in [3.8, 4) is 0 Å². The number of anilines is 1. The van der Waals surface area contributed by atoms with Crippen molar-refractivity contribution in [1.29, 1.82) is 0 Å². The fourth-order valence-corrected chi connectivity index (χ4v) is 3.00. The Morgan fingerprint density at radius 3 is 2.54 bits per heavy atom. The van der Waals surface area contributed by atoms with Gasteiger partial charge in [-0.2, -0.15) is 0 Å². The molecule has 0 unspecified atom stereocenters. The molecule has 0 aromatic heterocycles. The van der Waals surface area contributed by atoms with Gasteiger partial charge in [-0.25, -0.2) is 0 Å². The quantitative estimate of drug-likeness (QED) is 0.907. The summed E-state index contributed by atoms with van der Waals surface area (Å²) in [7, 11) is 0. The van der Waals surface area contributed by atoms with E-state index in [9.17, 15) is 9.59 Å². The van der Waals surface area contributed by atoms with Crippen LogP contribution in [0.15, 0.2) is 54.6 Å². The molecule has 0 bridgehead atoms. The van der Waals surface area contributed by atoms with Gasteiger partial charge in [0.2, 0.25) is 11.8 Å². The molecular weight excluding hydrogens is 324 g/mol. The lowest BCUT2D eigenvalue weighted by molar-refractivity contribution is -0.121. The highest BCUT2D eigenvalue weighted by Gasteiger charge is 2.31. The lowest BCUT2D eigenvalue weighted by atomic mass is 10.1. The number of rotatable bonds is 5. The van der Waals surface area contributed by atoms with Crippen molar-refractivity contribution in [2.75, 3.05) is 11.4 Å². The Balaban J connectivity index is 1.52. The minimum atomic E-state index is -0.142. The Morgan fingerprint density at radius 1 is 1.12 bits per heavy atom. The molecule has 1 fully saturated rings. The first-order chi connectivity index (χ1) is 11.6. The van der Waals surface area contributed by atoms with Crippen molar-refractivity contribution in [1.82, 2.24) is 5.32 Å². The maximum atomic E-state index is 12.2. The Morgan fingerprint density at radius 2 is 1.83 bits per heavy atom. The highest BCUT2D eigenvalue weighted by molar-refractivity contribution is 6.30. The van der Waals surface area contributed by atoms with Crippen molar-refractivity contribution in [2.45, 2.75) is 25.3 Å². The lowest BCUT2D eigenvalue weighted by Gasteiger charge is -2.17. The molecule has 5 heteroatoms. The topological polar surface area (TPSA) is 49.4 Å². The molecule has 0 saturated carbocycles. The lowest BCUT2D eigenvalue weighted by Crippen LogP contribution is -2.37. The summed E-state index contributed by atoms with van der Waals surface area (Å²) >= 11 is 5.88. The number of aryl methyl sites for hydroxylation is 1. The van der Waals surface area contributed by atoms with E-state index in [0.717, 1.165) is 11.3 Å². The first-order valence-corrected chi connectivity index (χ1v) is 8.39. The molecule has 1 aliphatic rings. The molecule has 0 radical (unpaired) electrons. The number of hydrogen-bond acceptors (Lipinski definition) is 2. The molecule has 24 heavy (non-hydrogen) atoms. The van der Waals surface area contributed by atoms with Gasteiger partial charge in [0.05, 0.1) is 6.04 Å². The fraction of sp³-hybridized carbons (Fsp3) is 0.263. The average molecular weight is 343 g/mol. The fourth-order valence-electron chi connectivity index (χ4n) is 2.88. The van der Waals surface area contributed by atoms with E-state index in [1.54, 1.807) is 17.0 Å². The second-order valence-electron chi connectivity index (χ2n) is 5.93. The Hall–Kier alpha value is -2.33. The maximum absolute atomic E-state index is 12.2. The van der Waals surface area contributed by atoms with Crippen LogP contribution in [0.1, 0.15) is 18.4 Å². The first-order valence-electron chi connectivity index (χ1n) is 8.01. The number of nitrogens with one attached hydrogen (secondary N) is 1. The molecule has 2 aromatic carbocycles. The van der Waals surface area contributed by atoms with Gasteiger partial charge in [-0.1, -0.05) is 41.9 Å². The van der Waals surface area contributed by atoms with Gasteiger partial charge in [-0.05, 0) is 36.2 Å². The summed E-state index contributed by atoms with van der Waals surface area (Å²) in [4.78, 5) is 26.0. The summed E-state index contributed by atoms with van der Waals surface area (Å²) in [5, 5.41) is 3.60. The van der Waals surface area contributed by atoms with Crippen LogP contribution in [-0.4, -0.2) is 24.4 Å². The molecule has 0 spiro atoms. The monoisotopic (exact) mass is 342 g/mol. The summed E-state index contributed by atoms with van der Waals surface area (Å²) in [5.74, 6) is 0.000269. The maximum Gasteiger partial charge on any atom is 0.229 e. The molecule has 1 aliphatic heterocycles. The molecule has 3 rings (SSSR count). The van der Waals surface area contributed by atoms with Gasteiger partial charge in [0, 0.05) is 30.1 Å². The van der Waals surface area contributed by atoms with E-state index in [-0.39, 0.29) is 17.9 Å². The Kier molecular flexibility index (Phi) is 5.16. The molecule has 1 heterocycles. The van der Waals surface area contributed by atoms with Gasteiger partial charge >= 0.3 is 0 Å². The second-order valence-corrected chi connectivity index (χ2v) is 6.37. The number of carbonyl (C=O) groups excluding carboxylic acids is 2. The van der Waals surface area contributed by atoms with Crippen molar-refractivity contribution in [3.63, 3.8) is 0 Å². The summed E-state index contributed by atoms with van der Waals surface area (Å²) in [5.41, 5.74) is 1.95. The van der Waals surface area contributed by atoms with Gasteiger partial charge in [0.1, 0.15) is 0 Å². The zero-order chi connectivity index (χ0) is 16.9. The number of benzene rings is 2. The summed E-state index contributed by atoms with van der Waals surface area (Å²) in [6, 6.07) is 16.9. The summed E-state index contributed by atoms with van der Waals surface area (Å²) < 4.78 is 0. The standard InChI is InChI=1S/C19H19ClN2O2/c20-15-7-9-17(10-8-15)22-13-16(12-19(22)24)21-18(23)11-6-14-4-2-1-3-5-14/h1-5,7-10,16H,6,11-13H2,(H,21,23)/t16-/m0/s1. The summed E-state index contributed by atoms with van der Waals surface area (Å²) in [6.07, 6.45) is 1.46.